The fourth-order valence-corrected chi connectivity index (χ4v) is 2.54. The molecule has 0 saturated heterocycles. The van der Waals surface area contributed by atoms with Crippen LogP contribution in [0, 0.1) is 5.82 Å². The quantitative estimate of drug-likeness (QED) is 0.783. The molecule has 2 aromatic carbocycles. The molecule has 0 saturated carbocycles. The van der Waals surface area contributed by atoms with E-state index in [9.17, 15) is 14.0 Å². The van der Waals surface area contributed by atoms with Crippen LogP contribution in [0.2, 0.25) is 0 Å². The van der Waals surface area contributed by atoms with Crippen molar-refractivity contribution < 1.29 is 19.1 Å². The number of carboxylic acids is 1. The summed E-state index contributed by atoms with van der Waals surface area (Å²) in [5.74, 6) is -2.12. The number of benzene rings is 2. The molecule has 0 aromatic heterocycles. The summed E-state index contributed by atoms with van der Waals surface area (Å²) in [6, 6.07) is 8.33. The van der Waals surface area contributed by atoms with E-state index in [4.69, 9.17) is 5.11 Å². The average molecular weight is 417 g/mol. The molecule has 0 aliphatic heterocycles. The zero-order valence-corrected chi connectivity index (χ0v) is 13.5. The van der Waals surface area contributed by atoms with Crippen LogP contribution in [0.15, 0.2) is 45.3 Å². The third-order valence-corrected chi connectivity index (χ3v) is 4.12. The summed E-state index contributed by atoms with van der Waals surface area (Å²) in [7, 11) is 0. The number of nitrogens with one attached hydrogen (secondary N) is 1. The Kier molecular flexibility index (Phi) is 4.74. The maximum absolute atomic E-state index is 13.4. The lowest BCUT2D eigenvalue weighted by molar-refractivity contribution is 0.0696. The summed E-state index contributed by atoms with van der Waals surface area (Å²) >= 11 is 6.20. The highest BCUT2D eigenvalue weighted by Crippen LogP contribution is 2.26. The molecule has 2 rings (SSSR count). The lowest BCUT2D eigenvalue weighted by Crippen LogP contribution is -2.13. The molecule has 0 atom stereocenters. The monoisotopic (exact) mass is 415 g/mol. The van der Waals surface area contributed by atoms with Gasteiger partial charge in [-0.2, -0.15) is 0 Å². The van der Waals surface area contributed by atoms with Crippen molar-refractivity contribution in [2.75, 3.05) is 5.32 Å². The number of anilines is 1. The van der Waals surface area contributed by atoms with Gasteiger partial charge in [-0.3, -0.25) is 4.79 Å². The normalized spacial score (nSPS) is 10.2. The predicted molar refractivity (Wildman–Crippen MR) is 83.2 cm³/mol. The van der Waals surface area contributed by atoms with Gasteiger partial charge in [-0.15, -0.1) is 0 Å². The number of rotatable bonds is 3. The minimum absolute atomic E-state index is 0.0702. The largest absolute Gasteiger partial charge is 0.478 e. The lowest BCUT2D eigenvalue weighted by atomic mass is 10.2. The first-order chi connectivity index (χ1) is 9.90. The molecule has 7 heteroatoms. The second-order valence-electron chi connectivity index (χ2n) is 4.06. The van der Waals surface area contributed by atoms with E-state index in [2.05, 4.69) is 37.2 Å². The van der Waals surface area contributed by atoms with Crippen LogP contribution < -0.4 is 5.32 Å². The Morgan fingerprint density at radius 3 is 2.48 bits per heavy atom. The number of carboxylic acid groups (broad SMARTS) is 1. The van der Waals surface area contributed by atoms with E-state index in [-0.39, 0.29) is 15.6 Å². The van der Waals surface area contributed by atoms with E-state index in [0.29, 0.717) is 10.2 Å². The molecule has 1 amide bonds. The summed E-state index contributed by atoms with van der Waals surface area (Å²) in [5, 5.41) is 11.5. The molecule has 2 aromatic rings. The van der Waals surface area contributed by atoms with Gasteiger partial charge in [0, 0.05) is 4.47 Å². The van der Waals surface area contributed by atoms with Gasteiger partial charge in [-0.25, -0.2) is 9.18 Å². The number of hydrogen-bond donors (Lipinski definition) is 2. The number of hydrogen-bond acceptors (Lipinski definition) is 2. The van der Waals surface area contributed by atoms with Crippen molar-refractivity contribution in [1.82, 2.24) is 0 Å². The Balaban J connectivity index is 2.28. The molecule has 0 fully saturated rings. The maximum Gasteiger partial charge on any atom is 0.335 e. The SMILES string of the molecule is O=C(O)c1ccc(NC(=O)c2cccc(F)c2Br)c(Br)c1. The molecule has 0 bridgehead atoms. The number of carbonyl (C=O) groups excluding carboxylic acids is 1. The van der Waals surface area contributed by atoms with Crippen molar-refractivity contribution in [3.05, 3.63) is 62.3 Å². The molecule has 21 heavy (non-hydrogen) atoms. The number of halogens is 3. The van der Waals surface area contributed by atoms with Crippen molar-refractivity contribution in [2.45, 2.75) is 0 Å². The van der Waals surface area contributed by atoms with Crippen molar-refractivity contribution in [3.8, 4) is 0 Å². The minimum Gasteiger partial charge on any atom is -0.478 e. The van der Waals surface area contributed by atoms with E-state index < -0.39 is 17.7 Å². The zero-order valence-electron chi connectivity index (χ0n) is 10.4. The van der Waals surface area contributed by atoms with Crippen LogP contribution in [0.3, 0.4) is 0 Å². The van der Waals surface area contributed by atoms with Crippen LogP contribution in [-0.2, 0) is 0 Å². The van der Waals surface area contributed by atoms with E-state index >= 15 is 0 Å². The van der Waals surface area contributed by atoms with Crippen molar-refractivity contribution in [2.24, 2.45) is 0 Å². The average Bonchev–Trinajstić information content (AvgIpc) is 2.43. The highest BCUT2D eigenvalue weighted by molar-refractivity contribution is 9.11. The van der Waals surface area contributed by atoms with E-state index in [1.54, 1.807) is 0 Å². The molecule has 0 radical (unpaired) electrons. The molecule has 4 nitrogen and oxygen atoms in total. The standard InChI is InChI=1S/C14H8Br2FNO3/c15-9-6-7(14(20)21)4-5-11(9)18-13(19)8-2-1-3-10(17)12(8)16/h1-6H,(H,18,19)(H,20,21). The van der Waals surface area contributed by atoms with Gasteiger partial charge in [-0.05, 0) is 62.2 Å². The van der Waals surface area contributed by atoms with Crippen LogP contribution in [-0.4, -0.2) is 17.0 Å². The Bertz CT molecular complexity index is 734. The van der Waals surface area contributed by atoms with Crippen molar-refractivity contribution in [1.29, 1.82) is 0 Å². The summed E-state index contributed by atoms with van der Waals surface area (Å²) < 4.78 is 13.9. The van der Waals surface area contributed by atoms with Gasteiger partial charge in [0.05, 0.1) is 21.3 Å². The van der Waals surface area contributed by atoms with Gasteiger partial charge < -0.3 is 10.4 Å². The summed E-state index contributed by atoms with van der Waals surface area (Å²) in [6.07, 6.45) is 0. The van der Waals surface area contributed by atoms with Crippen LogP contribution in [0.5, 0.6) is 0 Å². The summed E-state index contributed by atoms with van der Waals surface area (Å²) in [5.41, 5.74) is 0.622. The Morgan fingerprint density at radius 2 is 1.86 bits per heavy atom. The number of amides is 1. The second kappa shape index (κ2) is 6.36. The van der Waals surface area contributed by atoms with E-state index in [0.717, 1.165) is 0 Å². The first-order valence-corrected chi connectivity index (χ1v) is 7.27. The predicted octanol–water partition coefficient (Wildman–Crippen LogP) is 4.30. The van der Waals surface area contributed by atoms with E-state index in [1.807, 2.05) is 0 Å². The Morgan fingerprint density at radius 1 is 1.14 bits per heavy atom. The molecule has 0 aliphatic carbocycles. The van der Waals surface area contributed by atoms with Crippen LogP contribution in [0.1, 0.15) is 20.7 Å². The fourth-order valence-electron chi connectivity index (χ4n) is 1.62. The second-order valence-corrected chi connectivity index (χ2v) is 5.70. The van der Waals surface area contributed by atoms with E-state index in [1.165, 1.54) is 36.4 Å². The molecule has 0 unspecified atom stereocenters. The molecule has 108 valence electrons. The number of aromatic carboxylic acids is 1. The summed E-state index contributed by atoms with van der Waals surface area (Å²) in [6.45, 7) is 0. The van der Waals surface area contributed by atoms with Gasteiger partial charge in [-0.1, -0.05) is 6.07 Å². The molecule has 2 N–H and O–H groups in total. The highest BCUT2D eigenvalue weighted by atomic mass is 79.9. The van der Waals surface area contributed by atoms with Gasteiger partial charge in [0.2, 0.25) is 0 Å². The third-order valence-electron chi connectivity index (χ3n) is 2.66. The van der Waals surface area contributed by atoms with Crippen LogP contribution in [0.4, 0.5) is 10.1 Å². The topological polar surface area (TPSA) is 66.4 Å². The number of carbonyl (C=O) groups is 2. The zero-order chi connectivity index (χ0) is 15.6. The van der Waals surface area contributed by atoms with Gasteiger partial charge >= 0.3 is 5.97 Å². The first kappa shape index (κ1) is 15.7. The Hall–Kier alpha value is -1.73. The molecule has 0 heterocycles. The Labute approximate surface area is 136 Å². The first-order valence-electron chi connectivity index (χ1n) is 5.68. The smallest absolute Gasteiger partial charge is 0.335 e. The van der Waals surface area contributed by atoms with Gasteiger partial charge in [0.1, 0.15) is 5.82 Å². The molecule has 0 spiro atoms. The van der Waals surface area contributed by atoms with Crippen molar-refractivity contribution in [3.63, 3.8) is 0 Å². The summed E-state index contributed by atoms with van der Waals surface area (Å²) in [4.78, 5) is 22.9. The van der Waals surface area contributed by atoms with Crippen LogP contribution in [0.25, 0.3) is 0 Å². The molecular weight excluding hydrogens is 409 g/mol. The lowest BCUT2D eigenvalue weighted by Gasteiger charge is -2.09. The molecular formula is C14H8Br2FNO3. The van der Waals surface area contributed by atoms with Gasteiger partial charge in [0.25, 0.3) is 5.91 Å². The van der Waals surface area contributed by atoms with Crippen LogP contribution >= 0.6 is 31.9 Å². The third kappa shape index (κ3) is 3.48. The minimum atomic E-state index is -1.07. The molecule has 0 aliphatic rings. The van der Waals surface area contributed by atoms with Gasteiger partial charge in [0.15, 0.2) is 0 Å². The maximum atomic E-state index is 13.4. The fraction of sp³-hybridized carbons (Fsp3) is 0. The van der Waals surface area contributed by atoms with Crippen molar-refractivity contribution >= 4 is 49.4 Å². The highest BCUT2D eigenvalue weighted by Gasteiger charge is 2.15.